The van der Waals surface area contributed by atoms with Gasteiger partial charge in [-0.1, -0.05) is 0 Å². The van der Waals surface area contributed by atoms with Gasteiger partial charge in [-0.15, -0.1) is 4.36 Å². The molecule has 28 heavy (non-hydrogen) atoms. The van der Waals surface area contributed by atoms with Crippen LogP contribution in [0.3, 0.4) is 0 Å². The molecular formula is C18H20FN5O3S. The first kappa shape index (κ1) is 17.6. The summed E-state index contributed by atoms with van der Waals surface area (Å²) in [6.45, 7) is 2.37. The molecular weight excluding hydrogens is 385 g/mol. The molecule has 2 amide bonds. The van der Waals surface area contributed by atoms with E-state index in [0.29, 0.717) is 49.0 Å². The number of fused-ring (bicyclic) bond motifs is 3. The fraction of sp³-hybridized carbons (Fsp3) is 0.444. The van der Waals surface area contributed by atoms with Crippen molar-refractivity contribution in [2.45, 2.75) is 56.6 Å². The van der Waals surface area contributed by atoms with Gasteiger partial charge in [0.15, 0.2) is 9.92 Å². The summed E-state index contributed by atoms with van der Waals surface area (Å²) < 4.78 is 38.3. The topological polar surface area (TPSA) is 112 Å². The Kier molecular flexibility index (Phi) is 3.79. The third-order valence-corrected chi connectivity index (χ3v) is 6.96. The largest absolute Gasteiger partial charge is 0.472 e. The molecule has 148 valence electrons. The number of nitrogens with zero attached hydrogens (tertiary/aromatic N) is 3. The molecule has 0 fully saturated rings. The minimum Gasteiger partial charge on any atom is -0.472 e. The van der Waals surface area contributed by atoms with E-state index < -0.39 is 15.9 Å². The van der Waals surface area contributed by atoms with Crippen LogP contribution in [0.5, 0.6) is 5.88 Å². The van der Waals surface area contributed by atoms with Gasteiger partial charge < -0.3 is 10.1 Å². The number of ether oxygens (including phenoxy) is 1. The average Bonchev–Trinajstić information content (AvgIpc) is 3.25. The Morgan fingerprint density at radius 1 is 1.32 bits per heavy atom. The van der Waals surface area contributed by atoms with Crippen molar-refractivity contribution in [3.05, 3.63) is 34.3 Å². The molecule has 1 aromatic carbocycles. The van der Waals surface area contributed by atoms with Crippen molar-refractivity contribution >= 4 is 21.6 Å². The van der Waals surface area contributed by atoms with Crippen molar-refractivity contribution in [1.29, 1.82) is 0 Å². The van der Waals surface area contributed by atoms with Crippen molar-refractivity contribution in [3.8, 4) is 5.88 Å². The number of carbonyl (C=O) groups excluding carboxylic acids is 1. The summed E-state index contributed by atoms with van der Waals surface area (Å²) in [4.78, 5) is 12.7. The Bertz CT molecular complexity index is 1150. The number of anilines is 1. The van der Waals surface area contributed by atoms with Crippen LogP contribution < -0.4 is 15.2 Å². The van der Waals surface area contributed by atoms with Crippen LogP contribution in [0.2, 0.25) is 0 Å². The standard InChI is InChI=1S/C18H20FN5O3S/c1-9-8-24-17(27-9)14(7-21-24)28(20,26)23-18(25)22-16-12-4-2-3-10(12)15(19)11-5-6-13(11)16/h7,9H,2-6,8H2,1H3,(H3,20,22,23,25,26)/t9-,28?/m1/s1. The van der Waals surface area contributed by atoms with E-state index in [9.17, 15) is 13.4 Å². The number of carbonyl (C=O) groups is 1. The summed E-state index contributed by atoms with van der Waals surface area (Å²) in [5.41, 5.74) is 3.60. The number of benzene rings is 1. The van der Waals surface area contributed by atoms with E-state index in [-0.39, 0.29) is 22.7 Å². The van der Waals surface area contributed by atoms with Gasteiger partial charge in [0, 0.05) is 5.69 Å². The Balaban J connectivity index is 1.49. The molecule has 2 aliphatic carbocycles. The Labute approximate surface area is 161 Å². The quantitative estimate of drug-likeness (QED) is 0.798. The van der Waals surface area contributed by atoms with Crippen LogP contribution >= 0.6 is 0 Å². The van der Waals surface area contributed by atoms with Gasteiger partial charge >= 0.3 is 6.03 Å². The maximum atomic E-state index is 14.5. The average molecular weight is 405 g/mol. The second-order valence-corrected chi connectivity index (χ2v) is 9.23. The number of rotatable bonds is 2. The van der Waals surface area contributed by atoms with E-state index in [4.69, 9.17) is 9.88 Å². The summed E-state index contributed by atoms with van der Waals surface area (Å²) in [6, 6.07) is -0.812. The first-order valence-corrected chi connectivity index (χ1v) is 10.9. The second-order valence-electron chi connectivity index (χ2n) is 7.47. The Hall–Kier alpha value is -2.46. The fourth-order valence-corrected chi connectivity index (χ4v) is 5.24. The van der Waals surface area contributed by atoms with Crippen molar-refractivity contribution in [1.82, 2.24) is 9.78 Å². The lowest BCUT2D eigenvalue weighted by atomic mass is 9.83. The van der Waals surface area contributed by atoms with Gasteiger partial charge in [-0.05, 0) is 61.3 Å². The molecule has 1 aromatic heterocycles. The molecule has 1 aliphatic heterocycles. The number of nitrogens with two attached hydrogens (primary N) is 1. The zero-order valence-electron chi connectivity index (χ0n) is 15.3. The molecule has 0 bridgehead atoms. The normalized spacial score (nSPS) is 21.0. The highest BCUT2D eigenvalue weighted by Gasteiger charge is 2.32. The first-order valence-electron chi connectivity index (χ1n) is 9.28. The summed E-state index contributed by atoms with van der Waals surface area (Å²) in [5.74, 6) is 0.149. The van der Waals surface area contributed by atoms with Crippen LogP contribution in [0, 0.1) is 5.82 Å². The third kappa shape index (κ3) is 2.55. The van der Waals surface area contributed by atoms with Crippen LogP contribution in [-0.4, -0.2) is 26.1 Å². The van der Waals surface area contributed by atoms with Crippen LogP contribution in [0.25, 0.3) is 0 Å². The number of amides is 2. The van der Waals surface area contributed by atoms with Gasteiger partial charge in [-0.25, -0.2) is 23.2 Å². The lowest BCUT2D eigenvalue weighted by Gasteiger charge is -2.26. The van der Waals surface area contributed by atoms with Crippen molar-refractivity contribution in [2.24, 2.45) is 9.50 Å². The summed E-state index contributed by atoms with van der Waals surface area (Å²) in [5, 5.41) is 12.7. The van der Waals surface area contributed by atoms with Gasteiger partial charge in [-0.3, -0.25) is 0 Å². The van der Waals surface area contributed by atoms with Crippen molar-refractivity contribution in [3.63, 3.8) is 0 Å². The van der Waals surface area contributed by atoms with Gasteiger partial charge in [0.05, 0.1) is 12.7 Å². The maximum Gasteiger partial charge on any atom is 0.354 e. The van der Waals surface area contributed by atoms with E-state index in [1.165, 1.54) is 6.20 Å². The summed E-state index contributed by atoms with van der Waals surface area (Å²) in [7, 11) is -3.53. The number of urea groups is 1. The van der Waals surface area contributed by atoms with Gasteiger partial charge in [-0.2, -0.15) is 5.10 Å². The van der Waals surface area contributed by atoms with Crippen molar-refractivity contribution < 1.29 is 18.1 Å². The summed E-state index contributed by atoms with van der Waals surface area (Å²) >= 11 is 0. The molecule has 5 rings (SSSR count). The first-order chi connectivity index (χ1) is 13.3. The summed E-state index contributed by atoms with van der Waals surface area (Å²) in [6.07, 6.45) is 4.79. The molecule has 1 unspecified atom stereocenters. The highest BCUT2D eigenvalue weighted by Crippen LogP contribution is 2.42. The number of aromatic nitrogens is 2. The minimum absolute atomic E-state index is 0.101. The predicted octanol–water partition coefficient (Wildman–Crippen LogP) is 2.32. The zero-order chi connectivity index (χ0) is 19.6. The molecule has 3 N–H and O–H groups in total. The van der Waals surface area contributed by atoms with Gasteiger partial charge in [0.2, 0.25) is 5.88 Å². The molecule has 0 saturated carbocycles. The molecule has 2 heterocycles. The van der Waals surface area contributed by atoms with E-state index in [1.54, 1.807) is 4.68 Å². The van der Waals surface area contributed by atoms with Crippen LogP contribution in [-0.2, 0) is 42.1 Å². The monoisotopic (exact) mass is 405 g/mol. The Morgan fingerprint density at radius 2 is 2.00 bits per heavy atom. The maximum absolute atomic E-state index is 14.5. The molecule has 10 heteroatoms. The Morgan fingerprint density at radius 3 is 2.75 bits per heavy atom. The highest BCUT2D eigenvalue weighted by atomic mass is 32.2. The van der Waals surface area contributed by atoms with Gasteiger partial charge in [0.1, 0.15) is 16.8 Å². The number of halogens is 1. The minimum atomic E-state index is -3.53. The van der Waals surface area contributed by atoms with Crippen molar-refractivity contribution in [2.75, 3.05) is 5.32 Å². The molecule has 8 nitrogen and oxygen atoms in total. The zero-order valence-corrected chi connectivity index (χ0v) is 16.1. The second kappa shape index (κ2) is 6.02. The molecule has 0 saturated heterocycles. The smallest absolute Gasteiger partial charge is 0.354 e. The number of nitrogens with one attached hydrogen (secondary N) is 1. The molecule has 0 spiro atoms. The lowest BCUT2D eigenvalue weighted by Crippen LogP contribution is -2.22. The number of hydrogen-bond acceptors (Lipinski definition) is 4. The SMILES string of the molecule is C[C@@H]1Cn2ncc(S(N)(=O)=NC(=O)Nc3c4c(c(F)c5c3CC5)CCC4)c2O1. The lowest BCUT2D eigenvalue weighted by molar-refractivity contribution is 0.248. The van der Waals surface area contributed by atoms with Crippen LogP contribution in [0.15, 0.2) is 15.5 Å². The van der Waals surface area contributed by atoms with E-state index >= 15 is 0 Å². The molecule has 2 aromatic rings. The predicted molar refractivity (Wildman–Crippen MR) is 100 cm³/mol. The van der Waals surface area contributed by atoms with Gasteiger partial charge in [0.25, 0.3) is 0 Å². The van der Waals surface area contributed by atoms with E-state index in [2.05, 4.69) is 14.8 Å². The van der Waals surface area contributed by atoms with E-state index in [1.807, 2.05) is 6.92 Å². The molecule has 3 aliphatic rings. The number of hydrogen-bond donors (Lipinski definition) is 2. The highest BCUT2D eigenvalue weighted by molar-refractivity contribution is 7.91. The fourth-order valence-electron chi connectivity index (χ4n) is 4.25. The van der Waals surface area contributed by atoms with Crippen LogP contribution in [0.4, 0.5) is 14.9 Å². The van der Waals surface area contributed by atoms with Crippen LogP contribution in [0.1, 0.15) is 35.6 Å². The molecule has 0 radical (unpaired) electrons. The third-order valence-electron chi connectivity index (χ3n) is 5.61. The van der Waals surface area contributed by atoms with E-state index in [0.717, 1.165) is 17.5 Å². The molecule has 2 atom stereocenters.